The maximum Gasteiger partial charge on any atom is 0.387 e. The number of anilines is 1. The Morgan fingerprint density at radius 1 is 0.970 bits per heavy atom. The fourth-order valence-corrected chi connectivity index (χ4v) is 3.32. The van der Waals surface area contributed by atoms with E-state index in [0.717, 1.165) is 11.1 Å². The number of alkyl halides is 2. The Labute approximate surface area is 189 Å². The molecule has 0 unspecified atom stereocenters. The van der Waals surface area contributed by atoms with E-state index in [1.807, 2.05) is 60.7 Å². The predicted molar refractivity (Wildman–Crippen MR) is 119 cm³/mol. The van der Waals surface area contributed by atoms with Crippen LogP contribution < -0.4 is 10.1 Å². The number of nitrogens with one attached hydrogen (secondary N) is 1. The molecule has 1 heterocycles. The summed E-state index contributed by atoms with van der Waals surface area (Å²) in [5, 5.41) is 10.8. The van der Waals surface area contributed by atoms with Crippen LogP contribution in [0.15, 0.2) is 83.3 Å². The zero-order valence-corrected chi connectivity index (χ0v) is 17.6. The topological polar surface area (TPSA) is 77.2 Å². The summed E-state index contributed by atoms with van der Waals surface area (Å²) in [5.74, 6) is 0.564. The van der Waals surface area contributed by atoms with Crippen molar-refractivity contribution in [3.8, 4) is 17.2 Å². The van der Waals surface area contributed by atoms with Gasteiger partial charge in [-0.2, -0.15) is 8.78 Å². The van der Waals surface area contributed by atoms with Gasteiger partial charge in [0.25, 0.3) is 0 Å². The third kappa shape index (κ3) is 6.22. The summed E-state index contributed by atoms with van der Waals surface area (Å²) in [6.45, 7) is -2.94. The second-order valence-corrected chi connectivity index (χ2v) is 7.28. The van der Waals surface area contributed by atoms with Gasteiger partial charge in [0.15, 0.2) is 0 Å². The number of ether oxygens (including phenoxy) is 1. The zero-order valence-electron chi connectivity index (χ0n) is 17.6. The molecule has 6 nitrogen and oxygen atoms in total. The molecule has 0 saturated carbocycles. The summed E-state index contributed by atoms with van der Waals surface area (Å²) in [6.07, 6.45) is 0.783. The highest BCUT2D eigenvalue weighted by Crippen LogP contribution is 2.27. The minimum absolute atomic E-state index is 0.0751. The molecule has 0 aliphatic carbocycles. The Morgan fingerprint density at radius 3 is 2.42 bits per heavy atom. The van der Waals surface area contributed by atoms with E-state index >= 15 is 0 Å². The van der Waals surface area contributed by atoms with Crippen molar-refractivity contribution in [3.63, 3.8) is 0 Å². The van der Waals surface area contributed by atoms with Crippen LogP contribution in [0.25, 0.3) is 11.5 Å². The normalized spacial score (nSPS) is 10.9. The molecule has 1 N–H and O–H groups in total. The van der Waals surface area contributed by atoms with Crippen LogP contribution in [0.3, 0.4) is 0 Å². The summed E-state index contributed by atoms with van der Waals surface area (Å²) in [7, 11) is 0. The van der Waals surface area contributed by atoms with Gasteiger partial charge in [0.1, 0.15) is 5.75 Å². The van der Waals surface area contributed by atoms with Crippen molar-refractivity contribution in [1.29, 1.82) is 0 Å². The second kappa shape index (κ2) is 10.5. The monoisotopic (exact) mass is 449 g/mol. The Bertz CT molecular complexity index is 1200. The minimum Gasteiger partial charge on any atom is -0.435 e. The number of aryl methyl sites for hydroxylation is 1. The van der Waals surface area contributed by atoms with Crippen LogP contribution >= 0.6 is 0 Å². The van der Waals surface area contributed by atoms with E-state index in [-0.39, 0.29) is 24.5 Å². The average molecular weight is 449 g/mol. The number of carbonyl (C=O) groups is 1. The van der Waals surface area contributed by atoms with E-state index < -0.39 is 6.61 Å². The van der Waals surface area contributed by atoms with Crippen LogP contribution in [0.1, 0.15) is 23.4 Å². The second-order valence-electron chi connectivity index (χ2n) is 7.28. The van der Waals surface area contributed by atoms with Gasteiger partial charge in [-0.3, -0.25) is 4.79 Å². The maximum absolute atomic E-state index is 12.8. The van der Waals surface area contributed by atoms with Crippen molar-refractivity contribution in [2.24, 2.45) is 0 Å². The van der Waals surface area contributed by atoms with Crippen LogP contribution in [-0.4, -0.2) is 22.7 Å². The number of aromatic nitrogens is 2. The lowest BCUT2D eigenvalue weighted by molar-refractivity contribution is -0.116. The molecule has 0 radical (unpaired) electrons. The summed E-state index contributed by atoms with van der Waals surface area (Å²) in [4.78, 5) is 12.4. The largest absolute Gasteiger partial charge is 0.435 e. The molecular formula is C25H21F2N3O3. The highest BCUT2D eigenvalue weighted by molar-refractivity contribution is 5.91. The molecule has 1 aromatic heterocycles. The van der Waals surface area contributed by atoms with Gasteiger partial charge < -0.3 is 14.5 Å². The van der Waals surface area contributed by atoms with E-state index in [1.165, 1.54) is 12.1 Å². The molecule has 4 rings (SSSR count). The predicted octanol–water partition coefficient (Wildman–Crippen LogP) is 5.50. The van der Waals surface area contributed by atoms with Crippen molar-refractivity contribution in [2.75, 3.05) is 5.32 Å². The van der Waals surface area contributed by atoms with Gasteiger partial charge in [-0.25, -0.2) is 0 Å². The first-order chi connectivity index (χ1) is 16.1. The third-order valence-corrected chi connectivity index (χ3v) is 4.85. The molecule has 3 aromatic carbocycles. The van der Waals surface area contributed by atoms with Gasteiger partial charge in [0, 0.05) is 36.1 Å². The van der Waals surface area contributed by atoms with Crippen LogP contribution in [0.4, 0.5) is 14.5 Å². The average Bonchev–Trinajstić information content (AvgIpc) is 3.30. The molecule has 0 bridgehead atoms. The number of benzene rings is 3. The first-order valence-corrected chi connectivity index (χ1v) is 10.4. The number of nitrogens with zero attached hydrogens (tertiary/aromatic N) is 2. The lowest BCUT2D eigenvalue weighted by Gasteiger charge is -2.13. The molecule has 0 saturated heterocycles. The lowest BCUT2D eigenvalue weighted by atomic mass is 10.0. The van der Waals surface area contributed by atoms with Gasteiger partial charge in [-0.15, -0.1) is 10.2 Å². The summed E-state index contributed by atoms with van der Waals surface area (Å²) >= 11 is 0. The van der Waals surface area contributed by atoms with E-state index in [9.17, 15) is 13.6 Å². The first-order valence-electron chi connectivity index (χ1n) is 10.4. The summed E-state index contributed by atoms with van der Waals surface area (Å²) in [6, 6.07) is 23.4. The summed E-state index contributed by atoms with van der Waals surface area (Å²) in [5.41, 5.74) is 2.77. The fraction of sp³-hybridized carbons (Fsp3) is 0.160. The van der Waals surface area contributed by atoms with Crippen LogP contribution in [0.5, 0.6) is 5.75 Å². The maximum atomic E-state index is 12.8. The molecular weight excluding hydrogens is 428 g/mol. The van der Waals surface area contributed by atoms with Crippen molar-refractivity contribution >= 4 is 11.6 Å². The lowest BCUT2D eigenvalue weighted by Crippen LogP contribution is -2.13. The minimum atomic E-state index is -2.94. The molecule has 0 spiro atoms. The van der Waals surface area contributed by atoms with Crippen LogP contribution in [0.2, 0.25) is 0 Å². The Hall–Kier alpha value is -4.07. The van der Waals surface area contributed by atoms with Gasteiger partial charge >= 0.3 is 6.61 Å². The van der Waals surface area contributed by atoms with Gasteiger partial charge in [0.2, 0.25) is 17.7 Å². The van der Waals surface area contributed by atoms with Crippen molar-refractivity contribution in [3.05, 3.63) is 95.9 Å². The van der Waals surface area contributed by atoms with E-state index in [0.29, 0.717) is 29.5 Å². The number of amides is 1. The Morgan fingerprint density at radius 2 is 1.70 bits per heavy atom. The smallest absolute Gasteiger partial charge is 0.387 e. The molecule has 0 fully saturated rings. The van der Waals surface area contributed by atoms with Gasteiger partial charge in [0.05, 0.1) is 0 Å². The van der Waals surface area contributed by atoms with Crippen LogP contribution in [0, 0.1) is 0 Å². The molecule has 33 heavy (non-hydrogen) atoms. The van der Waals surface area contributed by atoms with Crippen LogP contribution in [-0.2, 0) is 17.6 Å². The number of carbonyl (C=O) groups excluding carboxylic acids is 1. The quantitative estimate of drug-likeness (QED) is 0.365. The molecule has 1 amide bonds. The van der Waals surface area contributed by atoms with E-state index in [1.54, 1.807) is 6.07 Å². The molecule has 0 atom stereocenters. The third-order valence-electron chi connectivity index (χ3n) is 4.85. The zero-order chi connectivity index (χ0) is 23.0. The highest BCUT2D eigenvalue weighted by atomic mass is 19.3. The fourth-order valence-electron chi connectivity index (χ4n) is 3.32. The number of rotatable bonds is 9. The molecule has 4 aromatic rings. The molecule has 0 aliphatic heterocycles. The number of hydrogen-bond acceptors (Lipinski definition) is 5. The van der Waals surface area contributed by atoms with Gasteiger partial charge in [-0.05, 0) is 35.9 Å². The molecule has 0 aliphatic rings. The highest BCUT2D eigenvalue weighted by Gasteiger charge is 2.14. The van der Waals surface area contributed by atoms with Crippen molar-refractivity contribution in [2.45, 2.75) is 25.9 Å². The number of halogens is 2. The van der Waals surface area contributed by atoms with Crippen molar-refractivity contribution < 1.29 is 22.7 Å². The van der Waals surface area contributed by atoms with E-state index in [4.69, 9.17) is 4.42 Å². The summed E-state index contributed by atoms with van der Waals surface area (Å²) < 4.78 is 35.9. The Balaban J connectivity index is 1.40. The van der Waals surface area contributed by atoms with Crippen molar-refractivity contribution in [1.82, 2.24) is 10.2 Å². The molecule has 168 valence electrons. The first kappa shape index (κ1) is 22.1. The van der Waals surface area contributed by atoms with Gasteiger partial charge in [-0.1, -0.05) is 48.5 Å². The van der Waals surface area contributed by atoms with E-state index in [2.05, 4.69) is 20.3 Å². The number of hydrogen-bond donors (Lipinski definition) is 1. The SMILES string of the molecule is O=C(CCc1nnc(-c2ccccc2)o1)Nc1ccc(OC(F)F)c(Cc2ccccc2)c1. The standard InChI is InChI=1S/C25H21F2N3O3/c26-25(27)32-21-12-11-20(16-19(21)15-17-7-3-1-4-8-17)28-22(31)13-14-23-29-30-24(33-23)18-9-5-2-6-10-18/h1-12,16,25H,13-15H2,(H,28,31). The molecule has 8 heteroatoms. The Kier molecular flexibility index (Phi) is 7.04.